The summed E-state index contributed by atoms with van der Waals surface area (Å²) in [6.07, 6.45) is 3.67. The first-order valence-corrected chi connectivity index (χ1v) is 5.09. The first-order valence-electron chi connectivity index (χ1n) is 4.21. The normalized spacial score (nSPS) is 11.3. The van der Waals surface area contributed by atoms with Crippen molar-refractivity contribution in [2.24, 2.45) is 5.10 Å². The van der Waals surface area contributed by atoms with Gasteiger partial charge < -0.3 is 5.32 Å². The highest BCUT2D eigenvalue weighted by Gasteiger charge is 1.89. The lowest BCUT2D eigenvalue weighted by Crippen LogP contribution is -2.21. The summed E-state index contributed by atoms with van der Waals surface area (Å²) in [6.45, 7) is 3.73. The Bertz CT molecular complexity index is 158. The molecule has 13 heavy (non-hydrogen) atoms. The molecule has 0 aliphatic heterocycles. The van der Waals surface area contributed by atoms with Crippen molar-refractivity contribution in [1.82, 2.24) is 15.0 Å². The second-order valence-corrected chi connectivity index (χ2v) is 3.16. The van der Waals surface area contributed by atoms with Crippen molar-refractivity contribution in [2.45, 2.75) is 6.92 Å². The van der Waals surface area contributed by atoms with Gasteiger partial charge in [-0.3, -0.25) is 9.73 Å². The van der Waals surface area contributed by atoms with E-state index in [0.717, 1.165) is 13.1 Å². The zero-order valence-corrected chi connectivity index (χ0v) is 9.27. The Balaban J connectivity index is 3.20. The molecule has 0 amide bonds. The molecule has 0 saturated carbocycles. The van der Waals surface area contributed by atoms with Crippen LogP contribution in [0, 0.1) is 0 Å². The predicted octanol–water partition coefficient (Wildman–Crippen LogP) is 0.852. The number of nitrogens with one attached hydrogen (secondary N) is 2. The van der Waals surface area contributed by atoms with E-state index < -0.39 is 0 Å². The zero-order chi connectivity index (χ0) is 9.94. The van der Waals surface area contributed by atoms with Crippen LogP contribution in [0.3, 0.4) is 0 Å². The molecule has 76 valence electrons. The van der Waals surface area contributed by atoms with E-state index in [1.54, 1.807) is 18.2 Å². The van der Waals surface area contributed by atoms with Gasteiger partial charge in [0.05, 0.1) is 0 Å². The number of likely N-dealkylation sites (N-methyl/N-ethyl adjacent to an activating group) is 1. The summed E-state index contributed by atoms with van der Waals surface area (Å²) in [5, 5.41) is 10.9. The highest BCUT2D eigenvalue weighted by molar-refractivity contribution is 8.00. The van der Waals surface area contributed by atoms with Crippen LogP contribution in [0.15, 0.2) is 16.7 Å². The van der Waals surface area contributed by atoms with Gasteiger partial charge in [-0.25, -0.2) is 0 Å². The van der Waals surface area contributed by atoms with Crippen molar-refractivity contribution in [3.63, 3.8) is 0 Å². The van der Waals surface area contributed by atoms with Gasteiger partial charge in [-0.05, 0) is 6.92 Å². The van der Waals surface area contributed by atoms with Gasteiger partial charge in [0.1, 0.15) is 0 Å². The van der Waals surface area contributed by atoms with Gasteiger partial charge in [0, 0.05) is 45.0 Å². The Morgan fingerprint density at radius 2 is 2.31 bits per heavy atom. The number of hydrogen-bond acceptors (Lipinski definition) is 5. The fraction of sp³-hybridized carbons (Fsp3) is 0.625. The number of nitrogens with zero attached hydrogens (tertiary/aromatic N) is 2. The maximum atomic E-state index is 4.09. The summed E-state index contributed by atoms with van der Waals surface area (Å²) in [4.78, 5) is 0. The minimum absolute atomic E-state index is 0.907. The molecule has 0 aromatic rings. The van der Waals surface area contributed by atoms with Crippen LogP contribution >= 0.6 is 11.9 Å². The molecule has 0 aromatic carbocycles. The predicted molar refractivity (Wildman–Crippen MR) is 60.6 cm³/mol. The number of rotatable bonds is 7. The SMILES string of the molecule is C/C=N\N(C)CCNS/C=C\NC. The molecule has 0 fully saturated rings. The van der Waals surface area contributed by atoms with E-state index in [1.165, 1.54) is 0 Å². The molecule has 0 heterocycles. The quantitative estimate of drug-likeness (QED) is 0.278. The maximum Gasteiger partial charge on any atom is 0.0491 e. The van der Waals surface area contributed by atoms with E-state index in [2.05, 4.69) is 15.1 Å². The van der Waals surface area contributed by atoms with E-state index in [4.69, 9.17) is 0 Å². The molecular formula is C8H18N4S. The standard InChI is InChI=1S/C8H18N4S/c1-4-10-12(3)7-5-11-13-8-6-9-2/h4,6,8-9,11H,5,7H2,1-3H3/b8-6-,10-4-. The van der Waals surface area contributed by atoms with Crippen molar-refractivity contribution < 1.29 is 0 Å². The molecule has 4 nitrogen and oxygen atoms in total. The minimum Gasteiger partial charge on any atom is -0.394 e. The van der Waals surface area contributed by atoms with E-state index >= 15 is 0 Å². The molecule has 5 heteroatoms. The summed E-state index contributed by atoms with van der Waals surface area (Å²) in [5.41, 5.74) is 0. The second-order valence-electron chi connectivity index (χ2n) is 2.36. The smallest absolute Gasteiger partial charge is 0.0491 e. The molecule has 0 aromatic heterocycles. The van der Waals surface area contributed by atoms with Crippen LogP contribution in [0.1, 0.15) is 6.92 Å². The second kappa shape index (κ2) is 9.41. The molecular weight excluding hydrogens is 184 g/mol. The van der Waals surface area contributed by atoms with Crippen molar-refractivity contribution >= 4 is 18.2 Å². The first-order chi connectivity index (χ1) is 6.31. The number of hydrazone groups is 1. The third-order valence-electron chi connectivity index (χ3n) is 1.24. The van der Waals surface area contributed by atoms with Crippen LogP contribution in [0.5, 0.6) is 0 Å². The Labute approximate surface area is 84.6 Å². The average Bonchev–Trinajstić information content (AvgIpc) is 2.11. The summed E-state index contributed by atoms with van der Waals surface area (Å²) < 4.78 is 3.18. The lowest BCUT2D eigenvalue weighted by atomic mass is 10.6. The van der Waals surface area contributed by atoms with Gasteiger partial charge >= 0.3 is 0 Å². The molecule has 0 unspecified atom stereocenters. The van der Waals surface area contributed by atoms with Crippen molar-refractivity contribution in [2.75, 3.05) is 27.2 Å². The Hall–Kier alpha value is -0.680. The van der Waals surface area contributed by atoms with Gasteiger partial charge in [0.15, 0.2) is 0 Å². The molecule has 0 radical (unpaired) electrons. The molecule has 0 atom stereocenters. The molecule has 0 saturated heterocycles. The third-order valence-corrected chi connectivity index (χ3v) is 1.88. The monoisotopic (exact) mass is 202 g/mol. The highest BCUT2D eigenvalue weighted by atomic mass is 32.2. The fourth-order valence-corrected chi connectivity index (χ4v) is 1.18. The van der Waals surface area contributed by atoms with Crippen LogP contribution in [-0.4, -0.2) is 38.4 Å². The summed E-state index contributed by atoms with van der Waals surface area (Å²) in [7, 11) is 3.83. The highest BCUT2D eigenvalue weighted by Crippen LogP contribution is 1.92. The molecule has 0 aliphatic rings. The van der Waals surface area contributed by atoms with Gasteiger partial charge in [-0.1, -0.05) is 11.9 Å². The molecule has 0 rings (SSSR count). The lowest BCUT2D eigenvalue weighted by molar-refractivity contribution is 0.363. The van der Waals surface area contributed by atoms with Crippen molar-refractivity contribution in [3.05, 3.63) is 11.6 Å². The minimum atomic E-state index is 0.907. The molecule has 0 spiro atoms. The zero-order valence-electron chi connectivity index (χ0n) is 8.45. The van der Waals surface area contributed by atoms with Gasteiger partial charge in [0.25, 0.3) is 0 Å². The van der Waals surface area contributed by atoms with Crippen molar-refractivity contribution in [3.8, 4) is 0 Å². The van der Waals surface area contributed by atoms with Crippen LogP contribution in [0.4, 0.5) is 0 Å². The summed E-state index contributed by atoms with van der Waals surface area (Å²) in [5.74, 6) is 0. The summed E-state index contributed by atoms with van der Waals surface area (Å²) in [6, 6.07) is 0. The van der Waals surface area contributed by atoms with E-state index in [1.807, 2.05) is 37.6 Å². The van der Waals surface area contributed by atoms with E-state index in [0.29, 0.717) is 0 Å². The van der Waals surface area contributed by atoms with Crippen LogP contribution in [0.2, 0.25) is 0 Å². The van der Waals surface area contributed by atoms with Crippen LogP contribution in [-0.2, 0) is 0 Å². The Morgan fingerprint density at radius 1 is 1.54 bits per heavy atom. The van der Waals surface area contributed by atoms with E-state index in [9.17, 15) is 0 Å². The lowest BCUT2D eigenvalue weighted by Gasteiger charge is -2.11. The van der Waals surface area contributed by atoms with E-state index in [-0.39, 0.29) is 0 Å². The largest absolute Gasteiger partial charge is 0.394 e. The first kappa shape index (κ1) is 12.3. The van der Waals surface area contributed by atoms with Gasteiger partial charge in [0.2, 0.25) is 0 Å². The average molecular weight is 202 g/mol. The molecule has 2 N–H and O–H groups in total. The molecule has 0 bridgehead atoms. The fourth-order valence-electron chi connectivity index (χ4n) is 0.671. The third kappa shape index (κ3) is 9.23. The van der Waals surface area contributed by atoms with Crippen LogP contribution < -0.4 is 10.0 Å². The van der Waals surface area contributed by atoms with Crippen molar-refractivity contribution in [1.29, 1.82) is 0 Å². The van der Waals surface area contributed by atoms with Gasteiger partial charge in [-0.2, -0.15) is 5.10 Å². The van der Waals surface area contributed by atoms with Gasteiger partial charge in [-0.15, -0.1) is 0 Å². The topological polar surface area (TPSA) is 39.7 Å². The Morgan fingerprint density at radius 3 is 2.92 bits per heavy atom. The summed E-state index contributed by atoms with van der Waals surface area (Å²) >= 11 is 1.57. The molecule has 0 aliphatic carbocycles. The number of hydrogen-bond donors (Lipinski definition) is 2. The maximum absolute atomic E-state index is 4.09. The van der Waals surface area contributed by atoms with Crippen LogP contribution in [0.25, 0.3) is 0 Å². The Kier molecular flexibility index (Phi) is 8.92.